The predicted molar refractivity (Wildman–Crippen MR) is 162 cm³/mol. The second-order valence-corrected chi connectivity index (χ2v) is 13.6. The predicted octanol–water partition coefficient (Wildman–Crippen LogP) is 9.81. The van der Waals surface area contributed by atoms with Crippen LogP contribution in [-0.4, -0.2) is 22.1 Å². The van der Waals surface area contributed by atoms with E-state index in [0.29, 0.717) is 42.1 Å². The lowest BCUT2D eigenvalue weighted by Crippen LogP contribution is -2.47. The van der Waals surface area contributed by atoms with Crippen LogP contribution in [0.4, 0.5) is 0 Å². The fourth-order valence-corrected chi connectivity index (χ4v) is 8.84. The molecule has 220 valence electrons. The van der Waals surface area contributed by atoms with Gasteiger partial charge in [0, 0.05) is 18.3 Å². The van der Waals surface area contributed by atoms with Crippen molar-refractivity contribution in [3.8, 4) is 5.75 Å². The van der Waals surface area contributed by atoms with Crippen molar-refractivity contribution in [1.82, 2.24) is 0 Å². The summed E-state index contributed by atoms with van der Waals surface area (Å²) in [4.78, 5) is 13.2. The number of rotatable bonds is 18. The summed E-state index contributed by atoms with van der Waals surface area (Å²) in [6.07, 6.45) is 27.3. The zero-order chi connectivity index (χ0) is 27.5. The molecular weight excluding hydrogens is 480 g/mol. The second kappa shape index (κ2) is 15.6. The van der Waals surface area contributed by atoms with Gasteiger partial charge in [-0.1, -0.05) is 103 Å². The number of aliphatic hydroxyl groups excluding tert-OH is 1. The fraction of sp³-hybridized carbons (Fsp3) is 0.806. The van der Waals surface area contributed by atoms with Gasteiger partial charge in [-0.25, -0.2) is 0 Å². The maximum Gasteiger partial charge on any atom is 0.133 e. The number of hydrogen-bond acceptors (Lipinski definition) is 3. The Labute approximate surface area is 239 Å². The standard InChI is InChI=1S/C36H58O3/c1-2-3-4-5-6-7-8-9-10-11-12-13-14-15-16-17-30(38)27-36-25-24-32-31-21-19-29(37)26-28(31)18-20-33(32)34(36)22-23-35(36)39/h19,21,26,32-35,37,39H,2-18,20,22-25,27H2,1H3/t32-,33-,34+,35?,36-/m1/s1. The highest BCUT2D eigenvalue weighted by Gasteiger charge is 2.57. The minimum atomic E-state index is -0.310. The van der Waals surface area contributed by atoms with Crippen molar-refractivity contribution >= 4 is 5.78 Å². The van der Waals surface area contributed by atoms with Crippen molar-refractivity contribution in [3.63, 3.8) is 0 Å². The van der Waals surface area contributed by atoms with Gasteiger partial charge in [-0.15, -0.1) is 0 Å². The number of aliphatic hydroxyl groups is 1. The van der Waals surface area contributed by atoms with E-state index in [2.05, 4.69) is 13.0 Å². The van der Waals surface area contributed by atoms with Crippen LogP contribution in [0.1, 0.15) is 165 Å². The summed E-state index contributed by atoms with van der Waals surface area (Å²) in [7, 11) is 0. The Bertz CT molecular complexity index is 878. The van der Waals surface area contributed by atoms with Crippen LogP contribution in [0.15, 0.2) is 18.2 Å². The molecule has 2 saturated carbocycles. The first-order valence-electron chi connectivity index (χ1n) is 17.1. The Hall–Kier alpha value is -1.35. The first-order chi connectivity index (χ1) is 19.0. The Morgan fingerprint density at radius 2 is 1.44 bits per heavy atom. The maximum atomic E-state index is 13.2. The average Bonchev–Trinajstić information content (AvgIpc) is 3.26. The summed E-state index contributed by atoms with van der Waals surface area (Å²) in [5, 5.41) is 21.1. The zero-order valence-electron chi connectivity index (χ0n) is 25.1. The number of carbonyl (C=O) groups excluding carboxylic acids is 1. The molecule has 3 heteroatoms. The molecule has 0 spiro atoms. The molecule has 2 fully saturated rings. The van der Waals surface area contributed by atoms with Gasteiger partial charge in [0.1, 0.15) is 11.5 Å². The number of aromatic hydroxyl groups is 1. The third-order valence-corrected chi connectivity index (χ3v) is 11.0. The van der Waals surface area contributed by atoms with Crippen LogP contribution < -0.4 is 0 Å². The number of hydrogen-bond donors (Lipinski definition) is 2. The number of phenolic OH excluding ortho intramolecular Hbond substituents is 1. The van der Waals surface area contributed by atoms with Crippen LogP contribution in [0.3, 0.4) is 0 Å². The SMILES string of the molecule is CCCCCCCCCCCCCCCCCC(=O)C[C@]12CC[C@@H]3c4ccc(O)cc4CC[C@H]3[C@@H]1CCC2O. The molecule has 0 aromatic heterocycles. The molecule has 3 aliphatic rings. The van der Waals surface area contributed by atoms with E-state index >= 15 is 0 Å². The minimum absolute atomic E-state index is 0.178. The molecule has 0 saturated heterocycles. The summed E-state index contributed by atoms with van der Waals surface area (Å²) in [6, 6.07) is 5.94. The molecule has 3 nitrogen and oxygen atoms in total. The molecule has 0 radical (unpaired) electrons. The number of fused-ring (bicyclic) bond motifs is 5. The molecule has 3 aliphatic carbocycles. The van der Waals surface area contributed by atoms with E-state index in [1.54, 1.807) is 0 Å². The molecule has 1 aromatic rings. The van der Waals surface area contributed by atoms with E-state index in [0.717, 1.165) is 44.9 Å². The second-order valence-electron chi connectivity index (χ2n) is 13.6. The van der Waals surface area contributed by atoms with E-state index in [-0.39, 0.29) is 11.5 Å². The number of carbonyl (C=O) groups is 1. The molecule has 0 aliphatic heterocycles. The summed E-state index contributed by atoms with van der Waals surface area (Å²) >= 11 is 0. The largest absolute Gasteiger partial charge is 0.508 e. The van der Waals surface area contributed by atoms with Crippen molar-refractivity contribution < 1.29 is 15.0 Å². The lowest BCUT2D eigenvalue weighted by atomic mass is 9.53. The van der Waals surface area contributed by atoms with Crippen molar-refractivity contribution in [2.75, 3.05) is 0 Å². The van der Waals surface area contributed by atoms with E-state index in [9.17, 15) is 15.0 Å². The fourth-order valence-electron chi connectivity index (χ4n) is 8.84. The highest BCUT2D eigenvalue weighted by Crippen LogP contribution is 2.62. The van der Waals surface area contributed by atoms with Gasteiger partial charge in [-0.2, -0.15) is 0 Å². The van der Waals surface area contributed by atoms with Crippen LogP contribution in [-0.2, 0) is 11.2 Å². The van der Waals surface area contributed by atoms with Gasteiger partial charge in [0.05, 0.1) is 6.10 Å². The van der Waals surface area contributed by atoms with Gasteiger partial charge in [0.15, 0.2) is 0 Å². The number of phenols is 1. The van der Waals surface area contributed by atoms with Crippen LogP contribution in [0, 0.1) is 17.3 Å². The lowest BCUT2D eigenvalue weighted by Gasteiger charge is -2.51. The minimum Gasteiger partial charge on any atom is -0.508 e. The number of unbranched alkanes of at least 4 members (excludes halogenated alkanes) is 14. The van der Waals surface area contributed by atoms with Gasteiger partial charge >= 0.3 is 0 Å². The number of aryl methyl sites for hydroxylation is 1. The third kappa shape index (κ3) is 8.11. The van der Waals surface area contributed by atoms with Gasteiger partial charge in [-0.05, 0) is 86.0 Å². The topological polar surface area (TPSA) is 57.5 Å². The molecule has 0 amide bonds. The molecule has 4 rings (SSSR count). The number of Topliss-reactive ketones (excluding diaryl/α,β-unsaturated/α-hetero) is 1. The Balaban J connectivity index is 1.10. The number of benzene rings is 1. The molecule has 2 N–H and O–H groups in total. The summed E-state index contributed by atoms with van der Waals surface area (Å²) < 4.78 is 0. The van der Waals surface area contributed by atoms with E-state index in [4.69, 9.17) is 0 Å². The van der Waals surface area contributed by atoms with E-state index in [1.165, 1.54) is 101 Å². The summed E-state index contributed by atoms with van der Waals surface area (Å²) in [5.74, 6) is 2.35. The first kappa shape index (κ1) is 30.6. The molecule has 1 aromatic carbocycles. The monoisotopic (exact) mass is 538 g/mol. The van der Waals surface area contributed by atoms with Gasteiger partial charge in [0.25, 0.3) is 0 Å². The molecular formula is C36H58O3. The zero-order valence-corrected chi connectivity index (χ0v) is 25.1. The molecule has 39 heavy (non-hydrogen) atoms. The third-order valence-electron chi connectivity index (χ3n) is 11.0. The number of ketones is 1. The summed E-state index contributed by atoms with van der Waals surface area (Å²) in [6.45, 7) is 2.28. The average molecular weight is 539 g/mol. The Morgan fingerprint density at radius 3 is 2.08 bits per heavy atom. The Kier molecular flexibility index (Phi) is 12.2. The normalized spacial score (nSPS) is 27.6. The van der Waals surface area contributed by atoms with Crippen LogP contribution >= 0.6 is 0 Å². The molecule has 1 unspecified atom stereocenters. The van der Waals surface area contributed by atoms with Gasteiger partial charge < -0.3 is 10.2 Å². The van der Waals surface area contributed by atoms with Crippen LogP contribution in [0.2, 0.25) is 0 Å². The first-order valence-corrected chi connectivity index (χ1v) is 17.1. The Morgan fingerprint density at radius 1 is 0.821 bits per heavy atom. The maximum absolute atomic E-state index is 13.2. The highest BCUT2D eigenvalue weighted by atomic mass is 16.3. The van der Waals surface area contributed by atoms with Gasteiger partial charge in [0.2, 0.25) is 0 Å². The van der Waals surface area contributed by atoms with E-state index in [1.807, 2.05) is 12.1 Å². The summed E-state index contributed by atoms with van der Waals surface area (Å²) in [5.41, 5.74) is 2.55. The quantitative estimate of drug-likeness (QED) is 0.183. The van der Waals surface area contributed by atoms with Crippen molar-refractivity contribution in [2.24, 2.45) is 17.3 Å². The molecule has 5 atom stereocenters. The van der Waals surface area contributed by atoms with E-state index < -0.39 is 0 Å². The van der Waals surface area contributed by atoms with Crippen molar-refractivity contribution in [1.29, 1.82) is 0 Å². The smallest absolute Gasteiger partial charge is 0.133 e. The van der Waals surface area contributed by atoms with Crippen LogP contribution in [0.5, 0.6) is 5.75 Å². The van der Waals surface area contributed by atoms with Crippen LogP contribution in [0.25, 0.3) is 0 Å². The highest BCUT2D eigenvalue weighted by molar-refractivity contribution is 5.79. The van der Waals surface area contributed by atoms with Crippen molar-refractivity contribution in [3.05, 3.63) is 29.3 Å². The molecule has 0 bridgehead atoms. The van der Waals surface area contributed by atoms with Crippen molar-refractivity contribution in [2.45, 2.75) is 167 Å². The lowest BCUT2D eigenvalue weighted by molar-refractivity contribution is -0.127. The molecule has 0 heterocycles. The van der Waals surface area contributed by atoms with Gasteiger partial charge in [-0.3, -0.25) is 4.79 Å².